The Hall–Kier alpha value is -0.970. The van der Waals surface area contributed by atoms with Crippen molar-refractivity contribution in [3.63, 3.8) is 0 Å². The summed E-state index contributed by atoms with van der Waals surface area (Å²) < 4.78 is 0. The Morgan fingerprint density at radius 2 is 2.53 bits per heavy atom. The number of carboxylic acids is 1. The molecule has 1 aliphatic heterocycles. The standard InChI is InChI=1S/C10H14N2O2S/c13-10(14)9-6-7(11-12-9)5-8-3-1-2-4-15-8/h6,8H,1-5H2,(H,11,12)(H,13,14). The van der Waals surface area contributed by atoms with Gasteiger partial charge in [0.05, 0.1) is 0 Å². The average Bonchev–Trinajstić information content (AvgIpc) is 2.68. The molecule has 1 atom stereocenters. The predicted molar refractivity (Wildman–Crippen MR) is 59.3 cm³/mol. The molecule has 1 aromatic rings. The molecule has 0 saturated carbocycles. The summed E-state index contributed by atoms with van der Waals surface area (Å²) in [5.41, 5.74) is 1.05. The van der Waals surface area contributed by atoms with E-state index in [0.29, 0.717) is 5.25 Å². The normalized spacial score (nSPS) is 21.5. The largest absolute Gasteiger partial charge is 0.476 e. The van der Waals surface area contributed by atoms with E-state index in [1.165, 1.54) is 25.0 Å². The maximum atomic E-state index is 10.6. The van der Waals surface area contributed by atoms with Crippen molar-refractivity contribution in [3.05, 3.63) is 17.5 Å². The molecule has 5 heteroatoms. The average molecular weight is 226 g/mol. The fourth-order valence-corrected chi connectivity index (χ4v) is 3.12. The number of nitrogens with one attached hydrogen (secondary N) is 1. The van der Waals surface area contributed by atoms with Crippen molar-refractivity contribution in [1.82, 2.24) is 10.2 Å². The number of carboxylic acid groups (broad SMARTS) is 1. The lowest BCUT2D eigenvalue weighted by Gasteiger charge is -2.20. The van der Waals surface area contributed by atoms with E-state index in [-0.39, 0.29) is 5.69 Å². The summed E-state index contributed by atoms with van der Waals surface area (Å²) in [6, 6.07) is 1.64. The van der Waals surface area contributed by atoms with E-state index in [0.717, 1.165) is 12.1 Å². The lowest BCUT2D eigenvalue weighted by molar-refractivity contribution is 0.0690. The van der Waals surface area contributed by atoms with Gasteiger partial charge in [0.1, 0.15) is 0 Å². The van der Waals surface area contributed by atoms with Crippen molar-refractivity contribution in [3.8, 4) is 0 Å². The lowest BCUT2D eigenvalue weighted by atomic mass is 10.1. The quantitative estimate of drug-likeness (QED) is 0.826. The molecule has 0 aliphatic carbocycles. The van der Waals surface area contributed by atoms with Crippen LogP contribution in [0.15, 0.2) is 6.07 Å². The SMILES string of the molecule is O=C(O)c1cc(CC2CCCCS2)[nH]n1. The second-order valence-corrected chi connectivity index (χ2v) is 5.18. The minimum Gasteiger partial charge on any atom is -0.476 e. The Labute approximate surface area is 92.5 Å². The Morgan fingerprint density at radius 3 is 3.13 bits per heavy atom. The molecule has 0 aromatic carbocycles. The number of hydrogen-bond donors (Lipinski definition) is 2. The molecule has 15 heavy (non-hydrogen) atoms. The van der Waals surface area contributed by atoms with Gasteiger partial charge in [0.15, 0.2) is 5.69 Å². The molecular weight excluding hydrogens is 212 g/mol. The van der Waals surface area contributed by atoms with Crippen LogP contribution in [0.1, 0.15) is 35.4 Å². The molecule has 0 amide bonds. The van der Waals surface area contributed by atoms with Gasteiger partial charge in [-0.05, 0) is 24.7 Å². The van der Waals surface area contributed by atoms with Gasteiger partial charge in [0.25, 0.3) is 0 Å². The molecule has 2 heterocycles. The molecule has 1 fully saturated rings. The first-order chi connectivity index (χ1) is 7.25. The highest BCUT2D eigenvalue weighted by Gasteiger charge is 2.16. The monoisotopic (exact) mass is 226 g/mol. The van der Waals surface area contributed by atoms with E-state index in [2.05, 4.69) is 10.2 Å². The molecule has 2 N–H and O–H groups in total. The summed E-state index contributed by atoms with van der Waals surface area (Å²) in [5.74, 6) is 0.263. The van der Waals surface area contributed by atoms with Crippen molar-refractivity contribution in [1.29, 1.82) is 0 Å². The van der Waals surface area contributed by atoms with Crippen LogP contribution in [-0.2, 0) is 6.42 Å². The first-order valence-corrected chi connectivity index (χ1v) is 6.20. The highest BCUT2D eigenvalue weighted by molar-refractivity contribution is 7.99. The zero-order valence-electron chi connectivity index (χ0n) is 8.40. The molecule has 82 valence electrons. The van der Waals surface area contributed by atoms with E-state index in [1.54, 1.807) is 6.07 Å². The zero-order chi connectivity index (χ0) is 10.7. The van der Waals surface area contributed by atoms with Crippen molar-refractivity contribution in [2.75, 3.05) is 5.75 Å². The minimum atomic E-state index is -0.964. The first kappa shape index (κ1) is 10.5. The number of aromatic nitrogens is 2. The topological polar surface area (TPSA) is 66.0 Å². The summed E-state index contributed by atoms with van der Waals surface area (Å²) >= 11 is 1.98. The molecule has 1 aliphatic rings. The third-order valence-corrected chi connectivity index (χ3v) is 3.97. The van der Waals surface area contributed by atoms with E-state index in [9.17, 15) is 4.79 Å². The van der Waals surface area contributed by atoms with Gasteiger partial charge in [-0.15, -0.1) is 0 Å². The summed E-state index contributed by atoms with van der Waals surface area (Å²) in [6.07, 6.45) is 4.74. The number of carbonyl (C=O) groups is 1. The fraction of sp³-hybridized carbons (Fsp3) is 0.600. The van der Waals surface area contributed by atoms with Gasteiger partial charge in [0.2, 0.25) is 0 Å². The Balaban J connectivity index is 1.94. The van der Waals surface area contributed by atoms with Crippen LogP contribution in [0.5, 0.6) is 0 Å². The maximum Gasteiger partial charge on any atom is 0.356 e. The highest BCUT2D eigenvalue weighted by Crippen LogP contribution is 2.27. The minimum absolute atomic E-state index is 0.116. The molecule has 1 saturated heterocycles. The van der Waals surface area contributed by atoms with Crippen molar-refractivity contribution in [2.45, 2.75) is 30.9 Å². The fourth-order valence-electron chi connectivity index (χ4n) is 1.79. The van der Waals surface area contributed by atoms with Crippen LogP contribution < -0.4 is 0 Å². The number of aromatic carboxylic acids is 1. The van der Waals surface area contributed by atoms with Crippen LogP contribution in [0.2, 0.25) is 0 Å². The molecule has 2 rings (SSSR count). The Morgan fingerprint density at radius 1 is 1.67 bits per heavy atom. The summed E-state index contributed by atoms with van der Waals surface area (Å²) in [7, 11) is 0. The second-order valence-electron chi connectivity index (χ2n) is 3.78. The van der Waals surface area contributed by atoms with Gasteiger partial charge in [0, 0.05) is 17.4 Å². The number of hydrogen-bond acceptors (Lipinski definition) is 3. The molecule has 1 unspecified atom stereocenters. The van der Waals surface area contributed by atoms with Gasteiger partial charge in [-0.3, -0.25) is 5.10 Å². The molecular formula is C10H14N2O2S. The van der Waals surface area contributed by atoms with Crippen LogP contribution in [0.3, 0.4) is 0 Å². The Bertz CT molecular complexity index is 345. The maximum absolute atomic E-state index is 10.6. The van der Waals surface area contributed by atoms with E-state index in [1.807, 2.05) is 11.8 Å². The summed E-state index contributed by atoms with van der Waals surface area (Å²) in [4.78, 5) is 10.6. The molecule has 1 aromatic heterocycles. The highest BCUT2D eigenvalue weighted by atomic mass is 32.2. The van der Waals surface area contributed by atoms with Gasteiger partial charge in [-0.25, -0.2) is 4.79 Å². The number of thioether (sulfide) groups is 1. The van der Waals surface area contributed by atoms with Crippen LogP contribution in [0.25, 0.3) is 0 Å². The van der Waals surface area contributed by atoms with Gasteiger partial charge >= 0.3 is 5.97 Å². The third kappa shape index (κ3) is 2.75. The number of H-pyrrole nitrogens is 1. The van der Waals surface area contributed by atoms with Gasteiger partial charge < -0.3 is 5.11 Å². The summed E-state index contributed by atoms with van der Waals surface area (Å²) in [6.45, 7) is 0. The second kappa shape index (κ2) is 4.70. The smallest absolute Gasteiger partial charge is 0.356 e. The van der Waals surface area contributed by atoms with Crippen molar-refractivity contribution >= 4 is 17.7 Å². The van der Waals surface area contributed by atoms with Crippen LogP contribution >= 0.6 is 11.8 Å². The summed E-state index contributed by atoms with van der Waals surface area (Å²) in [5, 5.41) is 15.9. The third-order valence-electron chi connectivity index (χ3n) is 2.57. The van der Waals surface area contributed by atoms with Crippen LogP contribution in [-0.4, -0.2) is 32.3 Å². The van der Waals surface area contributed by atoms with Gasteiger partial charge in [-0.1, -0.05) is 6.42 Å². The number of aromatic amines is 1. The van der Waals surface area contributed by atoms with Crippen LogP contribution in [0, 0.1) is 0 Å². The zero-order valence-corrected chi connectivity index (χ0v) is 9.22. The molecule has 0 bridgehead atoms. The van der Waals surface area contributed by atoms with Crippen LogP contribution in [0.4, 0.5) is 0 Å². The number of nitrogens with zero attached hydrogens (tertiary/aromatic N) is 1. The van der Waals surface area contributed by atoms with E-state index < -0.39 is 5.97 Å². The van der Waals surface area contributed by atoms with Gasteiger partial charge in [-0.2, -0.15) is 16.9 Å². The van der Waals surface area contributed by atoms with Crippen molar-refractivity contribution in [2.24, 2.45) is 0 Å². The number of rotatable bonds is 3. The van der Waals surface area contributed by atoms with E-state index in [4.69, 9.17) is 5.11 Å². The predicted octanol–water partition coefficient (Wildman–Crippen LogP) is 1.94. The molecule has 0 radical (unpaired) electrons. The lowest BCUT2D eigenvalue weighted by Crippen LogP contribution is -2.12. The first-order valence-electron chi connectivity index (χ1n) is 5.15. The van der Waals surface area contributed by atoms with Crippen molar-refractivity contribution < 1.29 is 9.90 Å². The van der Waals surface area contributed by atoms with E-state index >= 15 is 0 Å². The Kier molecular flexibility index (Phi) is 3.30. The molecule has 4 nitrogen and oxygen atoms in total. The molecule has 0 spiro atoms.